The summed E-state index contributed by atoms with van der Waals surface area (Å²) in [6.45, 7) is 1.03. The maximum atomic E-state index is 5.99. The van der Waals surface area contributed by atoms with Crippen molar-refractivity contribution in [1.29, 1.82) is 0 Å². The van der Waals surface area contributed by atoms with Crippen LogP contribution in [0.4, 0.5) is 0 Å². The van der Waals surface area contributed by atoms with E-state index in [2.05, 4.69) is 16.7 Å². The highest BCUT2D eigenvalue weighted by atomic mass is 35.5. The van der Waals surface area contributed by atoms with Gasteiger partial charge in [-0.3, -0.25) is 0 Å². The molecule has 72 valence electrons. The molecule has 0 spiro atoms. The number of aromatic nitrogens is 1. The maximum Gasteiger partial charge on any atom is 0.0484 e. The van der Waals surface area contributed by atoms with Crippen molar-refractivity contribution in [2.24, 2.45) is 5.73 Å². The van der Waals surface area contributed by atoms with Crippen LogP contribution in [0.15, 0.2) is 24.3 Å². The van der Waals surface area contributed by atoms with Crippen LogP contribution < -0.4 is 5.73 Å². The molecule has 0 saturated heterocycles. The Bertz CT molecular complexity index is 501. The Morgan fingerprint density at radius 2 is 2.21 bits per heavy atom. The van der Waals surface area contributed by atoms with Crippen molar-refractivity contribution >= 4 is 22.5 Å². The van der Waals surface area contributed by atoms with E-state index in [9.17, 15) is 0 Å². The van der Waals surface area contributed by atoms with E-state index in [0.717, 1.165) is 18.0 Å². The second-order valence-electron chi connectivity index (χ2n) is 3.82. The Morgan fingerprint density at radius 1 is 1.36 bits per heavy atom. The van der Waals surface area contributed by atoms with Gasteiger partial charge in [-0.05, 0) is 30.7 Å². The fraction of sp³-hybridized carbons (Fsp3) is 0.273. The first-order chi connectivity index (χ1) is 6.75. The molecule has 0 amide bonds. The van der Waals surface area contributed by atoms with Gasteiger partial charge in [0.25, 0.3) is 0 Å². The summed E-state index contributed by atoms with van der Waals surface area (Å²) in [6.07, 6.45) is 1.05. The standard InChI is InChI=1S/C11H11ClN2/c12-8-1-2-10-7(5-8)6-11-9(13)3-4-14(10)11/h1-2,5-6,9H,3-4,13H2. The smallest absolute Gasteiger partial charge is 0.0484 e. The van der Waals surface area contributed by atoms with Gasteiger partial charge in [0.15, 0.2) is 0 Å². The van der Waals surface area contributed by atoms with Gasteiger partial charge in [-0.2, -0.15) is 0 Å². The number of aryl methyl sites for hydroxylation is 1. The topological polar surface area (TPSA) is 30.9 Å². The van der Waals surface area contributed by atoms with E-state index in [-0.39, 0.29) is 6.04 Å². The van der Waals surface area contributed by atoms with Gasteiger partial charge in [-0.15, -0.1) is 0 Å². The number of benzene rings is 1. The summed E-state index contributed by atoms with van der Waals surface area (Å²) in [5.74, 6) is 0. The van der Waals surface area contributed by atoms with Crippen molar-refractivity contribution in [2.75, 3.05) is 0 Å². The summed E-state index contributed by atoms with van der Waals surface area (Å²) in [5.41, 5.74) is 8.48. The van der Waals surface area contributed by atoms with Gasteiger partial charge in [-0.1, -0.05) is 11.6 Å². The minimum Gasteiger partial charge on any atom is -0.343 e. The third-order valence-electron chi connectivity index (χ3n) is 2.94. The van der Waals surface area contributed by atoms with E-state index in [1.807, 2.05) is 12.1 Å². The van der Waals surface area contributed by atoms with E-state index in [4.69, 9.17) is 17.3 Å². The van der Waals surface area contributed by atoms with Crippen molar-refractivity contribution in [3.63, 3.8) is 0 Å². The fourth-order valence-corrected chi connectivity index (χ4v) is 2.42. The van der Waals surface area contributed by atoms with Gasteiger partial charge in [0.1, 0.15) is 0 Å². The third-order valence-corrected chi connectivity index (χ3v) is 3.17. The van der Waals surface area contributed by atoms with E-state index < -0.39 is 0 Å². The molecule has 3 rings (SSSR count). The van der Waals surface area contributed by atoms with E-state index in [1.54, 1.807) is 0 Å². The summed E-state index contributed by atoms with van der Waals surface area (Å²) in [7, 11) is 0. The van der Waals surface area contributed by atoms with Gasteiger partial charge < -0.3 is 10.3 Å². The highest BCUT2D eigenvalue weighted by Gasteiger charge is 2.21. The van der Waals surface area contributed by atoms with Crippen molar-refractivity contribution in [2.45, 2.75) is 19.0 Å². The minimum atomic E-state index is 0.196. The molecule has 2 aromatic rings. The Labute approximate surface area is 87.3 Å². The molecule has 0 aliphatic carbocycles. The zero-order valence-corrected chi connectivity index (χ0v) is 8.46. The van der Waals surface area contributed by atoms with E-state index in [0.29, 0.717) is 0 Å². The number of rotatable bonds is 0. The number of hydrogen-bond donors (Lipinski definition) is 1. The van der Waals surface area contributed by atoms with Gasteiger partial charge in [0.2, 0.25) is 0 Å². The molecule has 3 heteroatoms. The van der Waals surface area contributed by atoms with E-state index >= 15 is 0 Å². The molecule has 1 aliphatic heterocycles. The first-order valence-corrected chi connectivity index (χ1v) is 5.18. The molecule has 1 atom stereocenters. The van der Waals surface area contributed by atoms with Crippen molar-refractivity contribution in [3.8, 4) is 0 Å². The summed E-state index contributed by atoms with van der Waals surface area (Å²) in [6, 6.07) is 8.34. The number of halogens is 1. The van der Waals surface area contributed by atoms with Gasteiger partial charge >= 0.3 is 0 Å². The molecule has 0 saturated carbocycles. The van der Waals surface area contributed by atoms with Crippen LogP contribution in [0.25, 0.3) is 10.9 Å². The summed E-state index contributed by atoms with van der Waals surface area (Å²) < 4.78 is 2.29. The van der Waals surface area contributed by atoms with Crippen LogP contribution in [-0.4, -0.2) is 4.57 Å². The largest absolute Gasteiger partial charge is 0.343 e. The van der Waals surface area contributed by atoms with Crippen molar-refractivity contribution in [1.82, 2.24) is 4.57 Å². The molecule has 2 nitrogen and oxygen atoms in total. The third kappa shape index (κ3) is 1.01. The van der Waals surface area contributed by atoms with Crippen LogP contribution in [-0.2, 0) is 6.54 Å². The Hall–Kier alpha value is -0.990. The average Bonchev–Trinajstić information content (AvgIpc) is 2.66. The van der Waals surface area contributed by atoms with Crippen LogP contribution in [0.2, 0.25) is 5.02 Å². The molecule has 0 bridgehead atoms. The second kappa shape index (κ2) is 2.75. The Kier molecular flexibility index (Phi) is 1.64. The van der Waals surface area contributed by atoms with Crippen LogP contribution in [0, 0.1) is 0 Å². The lowest BCUT2D eigenvalue weighted by Crippen LogP contribution is -2.04. The monoisotopic (exact) mass is 206 g/mol. The molecule has 0 fully saturated rings. The predicted octanol–water partition coefficient (Wildman–Crippen LogP) is 2.70. The zero-order chi connectivity index (χ0) is 9.71. The molecule has 2 N–H and O–H groups in total. The van der Waals surface area contributed by atoms with Crippen molar-refractivity contribution in [3.05, 3.63) is 35.0 Å². The first kappa shape index (κ1) is 8.33. The lowest BCUT2D eigenvalue weighted by molar-refractivity contribution is 0.691. The highest BCUT2D eigenvalue weighted by Crippen LogP contribution is 2.32. The molecule has 1 aliphatic rings. The highest BCUT2D eigenvalue weighted by molar-refractivity contribution is 6.31. The molecule has 14 heavy (non-hydrogen) atoms. The van der Waals surface area contributed by atoms with Crippen LogP contribution >= 0.6 is 11.6 Å². The normalized spacial score (nSPS) is 20.3. The van der Waals surface area contributed by atoms with Gasteiger partial charge in [0, 0.05) is 34.2 Å². The van der Waals surface area contributed by atoms with Gasteiger partial charge in [-0.25, -0.2) is 0 Å². The maximum absolute atomic E-state index is 5.99. The number of fused-ring (bicyclic) bond motifs is 3. The molecular formula is C11H11ClN2. The number of nitrogens with two attached hydrogens (primary N) is 1. The second-order valence-corrected chi connectivity index (χ2v) is 4.26. The molecule has 1 aromatic carbocycles. The first-order valence-electron chi connectivity index (χ1n) is 4.80. The predicted molar refractivity (Wildman–Crippen MR) is 58.5 cm³/mol. The fourth-order valence-electron chi connectivity index (χ4n) is 2.24. The minimum absolute atomic E-state index is 0.196. The van der Waals surface area contributed by atoms with Crippen molar-refractivity contribution < 1.29 is 0 Å². The Morgan fingerprint density at radius 3 is 3.07 bits per heavy atom. The molecule has 2 heterocycles. The van der Waals surface area contributed by atoms with Crippen LogP contribution in [0.5, 0.6) is 0 Å². The zero-order valence-electron chi connectivity index (χ0n) is 7.70. The average molecular weight is 207 g/mol. The van der Waals surface area contributed by atoms with Crippen LogP contribution in [0.3, 0.4) is 0 Å². The molecule has 1 aromatic heterocycles. The lowest BCUT2D eigenvalue weighted by atomic mass is 10.2. The number of hydrogen-bond acceptors (Lipinski definition) is 1. The molecule has 0 radical (unpaired) electrons. The summed E-state index contributed by atoms with van der Waals surface area (Å²) in [4.78, 5) is 0. The summed E-state index contributed by atoms with van der Waals surface area (Å²) >= 11 is 5.94. The Balaban J connectivity index is 2.34. The quantitative estimate of drug-likeness (QED) is 0.706. The molecule has 1 unspecified atom stereocenters. The lowest BCUT2D eigenvalue weighted by Gasteiger charge is -1.99. The van der Waals surface area contributed by atoms with Gasteiger partial charge in [0.05, 0.1) is 0 Å². The SMILES string of the molecule is NC1CCn2c1cc1cc(Cl)ccc12. The van der Waals surface area contributed by atoms with Crippen LogP contribution in [0.1, 0.15) is 18.2 Å². The number of nitrogens with zero attached hydrogens (tertiary/aromatic N) is 1. The molecular weight excluding hydrogens is 196 g/mol. The summed E-state index contributed by atoms with van der Waals surface area (Å²) in [5, 5.41) is 1.98. The van der Waals surface area contributed by atoms with E-state index in [1.165, 1.54) is 16.6 Å².